The Morgan fingerprint density at radius 2 is 1.67 bits per heavy atom. The lowest BCUT2D eigenvalue weighted by atomic mass is 9.70. The second-order valence-corrected chi connectivity index (χ2v) is 16.7. The molecule has 3 saturated heterocycles. The van der Waals surface area contributed by atoms with E-state index in [2.05, 4.69) is 39.3 Å². The van der Waals surface area contributed by atoms with Gasteiger partial charge in [-0.2, -0.15) is 0 Å². The zero-order chi connectivity index (χ0) is 33.9. The van der Waals surface area contributed by atoms with Crippen molar-refractivity contribution in [1.29, 1.82) is 0 Å². The number of imidazole rings is 1. The van der Waals surface area contributed by atoms with Crippen LogP contribution in [-0.2, 0) is 15.4 Å². The average molecular weight is 704 g/mol. The molecule has 1 N–H and O–H groups in total. The molecule has 0 spiro atoms. The number of carbonyl (C=O) groups is 1. The van der Waals surface area contributed by atoms with E-state index in [1.54, 1.807) is 29.2 Å². The number of carbonyl (C=O) groups excluding carboxylic acids is 1. The van der Waals surface area contributed by atoms with Crippen molar-refractivity contribution in [2.24, 2.45) is 0 Å². The van der Waals surface area contributed by atoms with Gasteiger partial charge in [-0.05, 0) is 119 Å². The lowest BCUT2D eigenvalue weighted by Crippen LogP contribution is -2.49. The molecule has 4 fully saturated rings. The third-order valence-electron chi connectivity index (χ3n) is 11.7. The number of hydrogen-bond acceptors (Lipinski definition) is 5. The summed E-state index contributed by atoms with van der Waals surface area (Å²) in [7, 11) is -3.82. The molecule has 3 atom stereocenters. The SMILES string of the molecule is Cc1nc2ccccc2n1C1C[C@H]2CC[C@@H](C1)N2CCC1(c2cccc(F)c2)CCN(C(=O)c2cccc(S(=O)(=O)NC3CC3)c2Cl)CC1. The van der Waals surface area contributed by atoms with Gasteiger partial charge in [0.1, 0.15) is 16.5 Å². The Morgan fingerprint density at radius 3 is 2.39 bits per heavy atom. The molecule has 11 heteroatoms. The summed E-state index contributed by atoms with van der Waals surface area (Å²) in [5.74, 6) is 0.558. The Kier molecular flexibility index (Phi) is 8.57. The molecule has 1 amide bonds. The molecular formula is C38H43ClFN5O3S. The van der Waals surface area contributed by atoms with Gasteiger partial charge in [0.25, 0.3) is 5.91 Å². The second kappa shape index (κ2) is 12.8. The van der Waals surface area contributed by atoms with E-state index >= 15 is 0 Å². The Morgan fingerprint density at radius 1 is 0.959 bits per heavy atom. The van der Waals surface area contributed by atoms with E-state index in [1.807, 2.05) is 12.1 Å². The first-order valence-electron chi connectivity index (χ1n) is 17.7. The van der Waals surface area contributed by atoms with E-state index in [0.29, 0.717) is 44.1 Å². The molecule has 1 unspecified atom stereocenters. The summed E-state index contributed by atoms with van der Waals surface area (Å²) in [6.45, 7) is 4.00. The van der Waals surface area contributed by atoms with Crippen molar-refractivity contribution in [3.63, 3.8) is 0 Å². The van der Waals surface area contributed by atoms with E-state index in [4.69, 9.17) is 16.6 Å². The minimum absolute atomic E-state index is 0.0413. The quantitative estimate of drug-likeness (QED) is 0.203. The maximum atomic E-state index is 14.7. The summed E-state index contributed by atoms with van der Waals surface area (Å²) in [5, 5.41) is -0.0413. The van der Waals surface area contributed by atoms with Gasteiger partial charge in [-0.1, -0.05) is 41.9 Å². The summed E-state index contributed by atoms with van der Waals surface area (Å²) in [5.41, 5.74) is 3.17. The number of para-hydroxylation sites is 2. The maximum Gasteiger partial charge on any atom is 0.255 e. The smallest absolute Gasteiger partial charge is 0.255 e. The number of nitrogens with one attached hydrogen (secondary N) is 1. The minimum atomic E-state index is -3.82. The van der Waals surface area contributed by atoms with Crippen LogP contribution >= 0.6 is 11.6 Å². The van der Waals surface area contributed by atoms with Crippen LogP contribution < -0.4 is 4.72 Å². The molecule has 4 heterocycles. The van der Waals surface area contributed by atoms with Crippen LogP contribution in [-0.4, -0.2) is 71.4 Å². The Labute approximate surface area is 292 Å². The standard InChI is InChI=1S/C38H43ClFN5O3S/c1-25-41-33-9-2-3-10-34(33)45(25)31-23-29-14-15-30(24-31)44(29)21-18-38(26-6-4-7-27(40)22-26)16-19-43(20-17-38)37(46)32-8-5-11-35(36(32)39)49(47,48)42-28-12-13-28/h2-11,22,28-31,42H,12-21,23-24H2,1H3/t29-,30+,31?. The molecule has 1 aliphatic carbocycles. The van der Waals surface area contributed by atoms with Gasteiger partial charge in [-0.15, -0.1) is 0 Å². The van der Waals surface area contributed by atoms with Crippen LogP contribution in [0.25, 0.3) is 11.0 Å². The molecule has 2 bridgehead atoms. The second-order valence-electron chi connectivity index (χ2n) is 14.6. The van der Waals surface area contributed by atoms with E-state index < -0.39 is 10.0 Å². The number of halogens is 2. The number of aryl methyl sites for hydroxylation is 1. The first-order chi connectivity index (χ1) is 23.6. The van der Waals surface area contributed by atoms with Crippen molar-refractivity contribution in [1.82, 2.24) is 24.1 Å². The van der Waals surface area contributed by atoms with Gasteiger partial charge in [0, 0.05) is 37.3 Å². The monoisotopic (exact) mass is 703 g/mol. The molecule has 258 valence electrons. The zero-order valence-corrected chi connectivity index (χ0v) is 29.4. The number of sulfonamides is 1. The van der Waals surface area contributed by atoms with Crippen molar-refractivity contribution in [2.75, 3.05) is 19.6 Å². The number of benzene rings is 3. The van der Waals surface area contributed by atoms with Crippen molar-refractivity contribution >= 4 is 38.6 Å². The first-order valence-corrected chi connectivity index (χ1v) is 19.5. The van der Waals surface area contributed by atoms with E-state index in [-0.39, 0.29) is 38.7 Å². The fourth-order valence-electron chi connectivity index (χ4n) is 8.97. The lowest BCUT2D eigenvalue weighted by Gasteiger charge is -2.45. The van der Waals surface area contributed by atoms with Crippen LogP contribution in [0, 0.1) is 12.7 Å². The highest BCUT2D eigenvalue weighted by molar-refractivity contribution is 7.89. The van der Waals surface area contributed by atoms with Crippen molar-refractivity contribution < 1.29 is 17.6 Å². The predicted molar refractivity (Wildman–Crippen MR) is 189 cm³/mol. The van der Waals surface area contributed by atoms with Gasteiger partial charge in [0.2, 0.25) is 10.0 Å². The van der Waals surface area contributed by atoms with E-state index in [9.17, 15) is 17.6 Å². The first kappa shape index (κ1) is 32.9. The molecule has 8 rings (SSSR count). The van der Waals surface area contributed by atoms with E-state index in [0.717, 1.165) is 55.6 Å². The van der Waals surface area contributed by atoms with Gasteiger partial charge < -0.3 is 9.47 Å². The number of aromatic nitrogens is 2. The fraction of sp³-hybridized carbons (Fsp3) is 0.474. The predicted octanol–water partition coefficient (Wildman–Crippen LogP) is 7.01. The summed E-state index contributed by atoms with van der Waals surface area (Å²) >= 11 is 6.61. The number of amides is 1. The summed E-state index contributed by atoms with van der Waals surface area (Å²) < 4.78 is 45.7. The topological polar surface area (TPSA) is 87.5 Å². The molecule has 1 saturated carbocycles. The fourth-order valence-corrected chi connectivity index (χ4v) is 10.9. The van der Waals surface area contributed by atoms with Gasteiger partial charge >= 0.3 is 0 Å². The van der Waals surface area contributed by atoms with E-state index in [1.165, 1.54) is 30.5 Å². The van der Waals surface area contributed by atoms with Crippen LogP contribution in [0.1, 0.15) is 85.6 Å². The summed E-state index contributed by atoms with van der Waals surface area (Å²) in [6, 6.07) is 21.4. The molecule has 4 aromatic rings. The number of rotatable bonds is 9. The highest BCUT2D eigenvalue weighted by Crippen LogP contribution is 2.45. The molecule has 49 heavy (non-hydrogen) atoms. The minimum Gasteiger partial charge on any atom is -0.339 e. The van der Waals surface area contributed by atoms with Gasteiger partial charge in [-0.25, -0.2) is 22.5 Å². The maximum absolute atomic E-state index is 14.7. The third kappa shape index (κ3) is 6.19. The van der Waals surface area contributed by atoms with Gasteiger partial charge in [0.05, 0.1) is 21.6 Å². The average Bonchev–Trinajstić information content (AvgIpc) is 3.78. The Bertz CT molecular complexity index is 1990. The number of likely N-dealkylation sites (tertiary alicyclic amines) is 1. The summed E-state index contributed by atoms with van der Waals surface area (Å²) in [4.78, 5) is 23.1. The normalized spacial score (nSPS) is 24.1. The van der Waals surface area contributed by atoms with Crippen LogP contribution in [0.15, 0.2) is 71.6 Å². The molecule has 1 aromatic heterocycles. The number of piperidine rings is 2. The largest absolute Gasteiger partial charge is 0.339 e. The Balaban J connectivity index is 0.985. The molecular weight excluding hydrogens is 661 g/mol. The van der Waals surface area contributed by atoms with Gasteiger partial charge in [0.15, 0.2) is 0 Å². The van der Waals surface area contributed by atoms with Crippen LogP contribution in [0.2, 0.25) is 5.02 Å². The highest BCUT2D eigenvalue weighted by Gasteiger charge is 2.44. The molecule has 8 nitrogen and oxygen atoms in total. The van der Waals surface area contributed by atoms with Crippen LogP contribution in [0.5, 0.6) is 0 Å². The van der Waals surface area contributed by atoms with Crippen molar-refractivity contribution in [3.05, 3.63) is 94.5 Å². The summed E-state index contributed by atoms with van der Waals surface area (Å²) in [6.07, 6.45) is 8.43. The molecule has 3 aromatic carbocycles. The number of hydrogen-bond donors (Lipinski definition) is 1. The van der Waals surface area contributed by atoms with Gasteiger partial charge in [-0.3, -0.25) is 9.69 Å². The highest BCUT2D eigenvalue weighted by atomic mass is 35.5. The van der Waals surface area contributed by atoms with Crippen molar-refractivity contribution in [2.45, 2.75) is 99.2 Å². The lowest BCUT2D eigenvalue weighted by molar-refractivity contribution is 0.0606. The molecule has 3 aliphatic heterocycles. The van der Waals surface area contributed by atoms with Crippen molar-refractivity contribution in [3.8, 4) is 0 Å². The van der Waals surface area contributed by atoms with Crippen LogP contribution in [0.3, 0.4) is 0 Å². The third-order valence-corrected chi connectivity index (χ3v) is 13.8. The number of fused-ring (bicyclic) bond motifs is 3. The zero-order valence-electron chi connectivity index (χ0n) is 27.8. The number of nitrogens with zero attached hydrogens (tertiary/aromatic N) is 4. The Hall–Kier alpha value is -3.31. The molecule has 0 radical (unpaired) electrons. The van der Waals surface area contributed by atoms with Crippen LogP contribution in [0.4, 0.5) is 4.39 Å². The molecule has 4 aliphatic rings.